The Balaban J connectivity index is 1.51. The molecular formula is C21H26ClN3O2S. The van der Waals surface area contributed by atoms with Crippen LogP contribution in [0.25, 0.3) is 0 Å². The summed E-state index contributed by atoms with van der Waals surface area (Å²) in [6, 6.07) is 11.0. The highest BCUT2D eigenvalue weighted by Gasteiger charge is 2.25. The molecule has 3 rings (SSSR count). The Kier molecular flexibility index (Phi) is 7.48. The minimum absolute atomic E-state index is 0.0560. The fourth-order valence-electron chi connectivity index (χ4n) is 3.40. The van der Waals surface area contributed by atoms with Gasteiger partial charge in [0.1, 0.15) is 0 Å². The van der Waals surface area contributed by atoms with Gasteiger partial charge in [0.2, 0.25) is 5.91 Å². The Morgan fingerprint density at radius 3 is 2.68 bits per heavy atom. The molecule has 0 radical (unpaired) electrons. The lowest BCUT2D eigenvalue weighted by Crippen LogP contribution is -2.44. The van der Waals surface area contributed by atoms with E-state index in [1.807, 2.05) is 6.07 Å². The molecule has 1 fully saturated rings. The zero-order valence-electron chi connectivity index (χ0n) is 16.0. The second kappa shape index (κ2) is 10.0. The van der Waals surface area contributed by atoms with Gasteiger partial charge in [0.15, 0.2) is 0 Å². The van der Waals surface area contributed by atoms with Crippen molar-refractivity contribution in [2.75, 3.05) is 26.2 Å². The van der Waals surface area contributed by atoms with E-state index in [0.29, 0.717) is 17.1 Å². The predicted molar refractivity (Wildman–Crippen MR) is 114 cm³/mol. The van der Waals surface area contributed by atoms with Crippen LogP contribution >= 0.6 is 22.9 Å². The Bertz CT molecular complexity index is 789. The standard InChI is InChI=1S/C21H26ClN3O2S/c1-15-7-9-25(10-8-15)18(19-6-3-11-28-19)13-23-20(26)14-24-21(27)16-4-2-5-17(22)12-16/h2-6,11-12,15,18H,7-10,13-14H2,1H3,(H,23,26)(H,24,27). The van der Waals surface area contributed by atoms with Crippen molar-refractivity contribution in [3.8, 4) is 0 Å². The summed E-state index contributed by atoms with van der Waals surface area (Å²) in [4.78, 5) is 28.2. The van der Waals surface area contributed by atoms with Crippen LogP contribution in [0.1, 0.15) is 41.0 Å². The number of rotatable bonds is 7. The van der Waals surface area contributed by atoms with E-state index in [9.17, 15) is 9.59 Å². The van der Waals surface area contributed by atoms with Crippen molar-refractivity contribution in [1.82, 2.24) is 15.5 Å². The van der Waals surface area contributed by atoms with Gasteiger partial charge in [-0.1, -0.05) is 30.7 Å². The molecule has 1 saturated heterocycles. The van der Waals surface area contributed by atoms with Crippen LogP contribution in [0.5, 0.6) is 0 Å². The third-order valence-electron chi connectivity index (χ3n) is 5.12. The maximum atomic E-state index is 12.3. The van der Waals surface area contributed by atoms with Gasteiger partial charge in [0.25, 0.3) is 5.91 Å². The van der Waals surface area contributed by atoms with Crippen molar-refractivity contribution in [2.24, 2.45) is 5.92 Å². The first-order valence-electron chi connectivity index (χ1n) is 9.61. The highest BCUT2D eigenvalue weighted by molar-refractivity contribution is 7.10. The van der Waals surface area contributed by atoms with Crippen LogP contribution in [0, 0.1) is 5.92 Å². The lowest BCUT2D eigenvalue weighted by Gasteiger charge is -2.36. The molecule has 150 valence electrons. The van der Waals surface area contributed by atoms with Gasteiger partial charge in [-0.15, -0.1) is 11.3 Å². The topological polar surface area (TPSA) is 61.4 Å². The molecule has 1 unspecified atom stereocenters. The Morgan fingerprint density at radius 1 is 1.21 bits per heavy atom. The van der Waals surface area contributed by atoms with Crippen LogP contribution in [-0.2, 0) is 4.79 Å². The molecule has 2 amide bonds. The van der Waals surface area contributed by atoms with Gasteiger partial charge in [-0.25, -0.2) is 0 Å². The van der Waals surface area contributed by atoms with Gasteiger partial charge >= 0.3 is 0 Å². The Labute approximate surface area is 175 Å². The maximum Gasteiger partial charge on any atom is 0.251 e. The molecule has 0 aliphatic carbocycles. The largest absolute Gasteiger partial charge is 0.353 e. The number of carbonyl (C=O) groups is 2. The van der Waals surface area contributed by atoms with Gasteiger partial charge in [-0.2, -0.15) is 0 Å². The summed E-state index contributed by atoms with van der Waals surface area (Å²) in [5.41, 5.74) is 0.444. The Hall–Kier alpha value is -1.89. The molecule has 2 heterocycles. The number of benzene rings is 1. The van der Waals surface area contributed by atoms with Crippen molar-refractivity contribution in [1.29, 1.82) is 0 Å². The second-order valence-corrected chi connectivity index (χ2v) is 8.66. The number of hydrogen-bond donors (Lipinski definition) is 2. The zero-order chi connectivity index (χ0) is 19.9. The van der Waals surface area contributed by atoms with Crippen molar-refractivity contribution in [3.05, 3.63) is 57.2 Å². The first kappa shape index (κ1) is 20.8. The molecule has 2 aromatic rings. The summed E-state index contributed by atoms with van der Waals surface area (Å²) in [7, 11) is 0. The van der Waals surface area contributed by atoms with Crippen LogP contribution in [0.15, 0.2) is 41.8 Å². The number of thiophene rings is 1. The molecule has 5 nitrogen and oxygen atoms in total. The number of amides is 2. The lowest BCUT2D eigenvalue weighted by atomic mass is 9.97. The average Bonchev–Trinajstić information content (AvgIpc) is 3.22. The van der Waals surface area contributed by atoms with E-state index in [2.05, 4.69) is 33.9 Å². The normalized spacial score (nSPS) is 16.5. The summed E-state index contributed by atoms with van der Waals surface area (Å²) in [5, 5.41) is 8.20. The Morgan fingerprint density at radius 2 is 2.00 bits per heavy atom. The van der Waals surface area contributed by atoms with Crippen molar-refractivity contribution >= 4 is 34.8 Å². The van der Waals surface area contributed by atoms with E-state index in [-0.39, 0.29) is 24.4 Å². The molecule has 28 heavy (non-hydrogen) atoms. The monoisotopic (exact) mass is 419 g/mol. The molecule has 0 bridgehead atoms. The number of carbonyl (C=O) groups excluding carboxylic acids is 2. The van der Waals surface area contributed by atoms with Gasteiger partial charge in [-0.05, 0) is 61.5 Å². The quantitative estimate of drug-likeness (QED) is 0.719. The fraction of sp³-hybridized carbons (Fsp3) is 0.429. The minimum Gasteiger partial charge on any atom is -0.353 e. The third kappa shape index (κ3) is 5.80. The minimum atomic E-state index is -0.308. The number of likely N-dealkylation sites (tertiary alicyclic amines) is 1. The van der Waals surface area contributed by atoms with E-state index in [4.69, 9.17) is 11.6 Å². The first-order valence-corrected chi connectivity index (χ1v) is 10.9. The van der Waals surface area contributed by atoms with Gasteiger partial charge < -0.3 is 10.6 Å². The summed E-state index contributed by atoms with van der Waals surface area (Å²) in [6.45, 7) is 4.87. The van der Waals surface area contributed by atoms with E-state index in [0.717, 1.165) is 19.0 Å². The third-order valence-corrected chi connectivity index (χ3v) is 6.33. The summed E-state index contributed by atoms with van der Waals surface area (Å²) >= 11 is 7.62. The van der Waals surface area contributed by atoms with Crippen LogP contribution in [0.4, 0.5) is 0 Å². The fourth-order valence-corrected chi connectivity index (χ4v) is 4.45. The molecule has 1 aromatic carbocycles. The van der Waals surface area contributed by atoms with Crippen LogP contribution in [0.3, 0.4) is 0 Å². The highest BCUT2D eigenvalue weighted by Crippen LogP contribution is 2.29. The maximum absolute atomic E-state index is 12.3. The number of piperidine rings is 1. The molecule has 2 N–H and O–H groups in total. The molecule has 1 atom stereocenters. The van der Waals surface area contributed by atoms with Crippen molar-refractivity contribution < 1.29 is 9.59 Å². The lowest BCUT2D eigenvalue weighted by molar-refractivity contribution is -0.120. The number of nitrogens with zero attached hydrogens (tertiary/aromatic N) is 1. The number of halogens is 1. The summed E-state index contributed by atoms with van der Waals surface area (Å²) < 4.78 is 0. The molecular weight excluding hydrogens is 394 g/mol. The first-order chi connectivity index (χ1) is 13.5. The van der Waals surface area contributed by atoms with Crippen LogP contribution < -0.4 is 10.6 Å². The van der Waals surface area contributed by atoms with Crippen LogP contribution in [-0.4, -0.2) is 42.9 Å². The number of hydrogen-bond acceptors (Lipinski definition) is 4. The van der Waals surface area contributed by atoms with Crippen molar-refractivity contribution in [3.63, 3.8) is 0 Å². The molecule has 1 aromatic heterocycles. The summed E-state index contributed by atoms with van der Waals surface area (Å²) in [6.07, 6.45) is 2.37. The zero-order valence-corrected chi connectivity index (χ0v) is 17.6. The molecule has 1 aliphatic heterocycles. The van der Waals surface area contributed by atoms with Gasteiger partial charge in [0.05, 0.1) is 12.6 Å². The van der Waals surface area contributed by atoms with Crippen molar-refractivity contribution in [2.45, 2.75) is 25.8 Å². The van der Waals surface area contributed by atoms with E-state index < -0.39 is 0 Å². The number of nitrogens with one attached hydrogen (secondary N) is 2. The van der Waals surface area contributed by atoms with E-state index >= 15 is 0 Å². The molecule has 0 saturated carbocycles. The second-order valence-electron chi connectivity index (χ2n) is 7.25. The summed E-state index contributed by atoms with van der Waals surface area (Å²) in [5.74, 6) is 0.260. The highest BCUT2D eigenvalue weighted by atomic mass is 35.5. The molecule has 1 aliphatic rings. The molecule has 0 spiro atoms. The van der Waals surface area contributed by atoms with Gasteiger partial charge in [-0.3, -0.25) is 14.5 Å². The predicted octanol–water partition coefficient (Wildman–Crippen LogP) is 3.72. The molecule has 7 heteroatoms. The van der Waals surface area contributed by atoms with E-state index in [1.54, 1.807) is 35.6 Å². The van der Waals surface area contributed by atoms with E-state index in [1.165, 1.54) is 17.7 Å². The average molecular weight is 420 g/mol. The van der Waals surface area contributed by atoms with Crippen LogP contribution in [0.2, 0.25) is 5.02 Å². The SMILES string of the molecule is CC1CCN(C(CNC(=O)CNC(=O)c2cccc(Cl)c2)c2cccs2)CC1. The smallest absolute Gasteiger partial charge is 0.251 e. The van der Waals surface area contributed by atoms with Gasteiger partial charge in [0, 0.05) is 22.0 Å².